The van der Waals surface area contributed by atoms with Crippen molar-refractivity contribution >= 4 is 22.7 Å². The number of hydrogen-bond acceptors (Lipinski definition) is 4. The lowest BCUT2D eigenvalue weighted by molar-refractivity contribution is -0.402. The van der Waals surface area contributed by atoms with Crippen LogP contribution in [-0.4, -0.2) is 15.8 Å². The van der Waals surface area contributed by atoms with E-state index < -0.39 is 16.7 Å². The molecule has 0 aliphatic rings. The van der Waals surface area contributed by atoms with E-state index in [2.05, 4.69) is 4.98 Å². The van der Waals surface area contributed by atoms with Gasteiger partial charge in [0.2, 0.25) is 5.91 Å². The van der Waals surface area contributed by atoms with Gasteiger partial charge >= 0.3 is 5.88 Å². The van der Waals surface area contributed by atoms with E-state index in [4.69, 9.17) is 10.2 Å². The van der Waals surface area contributed by atoms with Gasteiger partial charge in [0.05, 0.1) is 6.07 Å². The zero-order valence-electron chi connectivity index (χ0n) is 13.1. The number of benzene rings is 1. The van der Waals surface area contributed by atoms with E-state index in [0.717, 1.165) is 16.5 Å². The van der Waals surface area contributed by atoms with Crippen LogP contribution in [0, 0.1) is 16.0 Å². The average molecular weight is 327 g/mol. The molecule has 2 heterocycles. The fourth-order valence-corrected chi connectivity index (χ4v) is 2.95. The summed E-state index contributed by atoms with van der Waals surface area (Å²) in [5, 5.41) is 11.8. The molecule has 2 atom stereocenters. The molecule has 1 aromatic carbocycles. The fourth-order valence-electron chi connectivity index (χ4n) is 2.95. The number of para-hydroxylation sites is 1. The molecule has 3 N–H and O–H groups in total. The Balaban J connectivity index is 2.00. The summed E-state index contributed by atoms with van der Waals surface area (Å²) in [6, 6.07) is 10.6. The van der Waals surface area contributed by atoms with Gasteiger partial charge < -0.3 is 15.1 Å². The van der Waals surface area contributed by atoms with E-state index in [9.17, 15) is 14.9 Å². The third-order valence-electron chi connectivity index (χ3n) is 4.32. The number of aromatic nitrogens is 1. The molecule has 24 heavy (non-hydrogen) atoms. The molecule has 3 rings (SSSR count). The highest BCUT2D eigenvalue weighted by Crippen LogP contribution is 2.34. The van der Waals surface area contributed by atoms with Crippen LogP contribution < -0.4 is 5.73 Å². The zero-order valence-corrected chi connectivity index (χ0v) is 13.1. The summed E-state index contributed by atoms with van der Waals surface area (Å²) in [5.74, 6) is -0.983. The number of nitrogens with one attached hydrogen (secondary N) is 1. The minimum atomic E-state index is -0.582. The number of primary amides is 1. The minimum absolute atomic E-state index is 0.246. The van der Waals surface area contributed by atoms with Crippen LogP contribution in [0.15, 0.2) is 47.0 Å². The Morgan fingerprint density at radius 3 is 2.75 bits per heavy atom. The van der Waals surface area contributed by atoms with Crippen LogP contribution >= 0.6 is 0 Å². The Hall–Kier alpha value is -3.09. The molecule has 0 spiro atoms. The van der Waals surface area contributed by atoms with E-state index in [1.807, 2.05) is 30.5 Å². The molecule has 124 valence electrons. The molecule has 0 aliphatic heterocycles. The van der Waals surface area contributed by atoms with Crippen molar-refractivity contribution in [2.24, 2.45) is 11.7 Å². The highest BCUT2D eigenvalue weighted by atomic mass is 16.6. The van der Waals surface area contributed by atoms with Crippen LogP contribution in [0.3, 0.4) is 0 Å². The number of amides is 1. The lowest BCUT2D eigenvalue weighted by atomic mass is 9.83. The van der Waals surface area contributed by atoms with Gasteiger partial charge in [-0.3, -0.25) is 14.9 Å². The predicted octanol–water partition coefficient (Wildman–Crippen LogP) is 3.12. The molecular weight excluding hydrogens is 310 g/mol. The fraction of sp³-hybridized carbons (Fsp3) is 0.235. The number of furan rings is 1. The smallest absolute Gasteiger partial charge is 0.406 e. The first-order valence-electron chi connectivity index (χ1n) is 7.56. The van der Waals surface area contributed by atoms with Gasteiger partial charge in [-0.25, -0.2) is 0 Å². The number of carbonyl (C=O) groups excluding carboxylic acids is 1. The first kappa shape index (κ1) is 15.8. The van der Waals surface area contributed by atoms with Crippen LogP contribution in [0.4, 0.5) is 5.88 Å². The third-order valence-corrected chi connectivity index (χ3v) is 4.32. The summed E-state index contributed by atoms with van der Waals surface area (Å²) in [5.41, 5.74) is 7.40. The normalized spacial score (nSPS) is 13.7. The Kier molecular flexibility index (Phi) is 4.07. The molecule has 0 saturated carbocycles. The number of H-pyrrole nitrogens is 1. The van der Waals surface area contributed by atoms with Crippen LogP contribution in [-0.2, 0) is 11.2 Å². The number of carbonyl (C=O) groups is 1. The van der Waals surface area contributed by atoms with Crippen molar-refractivity contribution in [1.29, 1.82) is 0 Å². The molecule has 7 nitrogen and oxygen atoms in total. The van der Waals surface area contributed by atoms with Gasteiger partial charge in [0.15, 0.2) is 0 Å². The van der Waals surface area contributed by atoms with E-state index in [1.54, 1.807) is 13.0 Å². The molecule has 0 aliphatic carbocycles. The second-order valence-electron chi connectivity index (χ2n) is 5.79. The monoisotopic (exact) mass is 327 g/mol. The summed E-state index contributed by atoms with van der Waals surface area (Å²) in [6.45, 7) is 1.76. The van der Waals surface area contributed by atoms with Crippen molar-refractivity contribution in [3.8, 4) is 0 Å². The second kappa shape index (κ2) is 6.19. The summed E-state index contributed by atoms with van der Waals surface area (Å²) in [6.07, 6.45) is 2.20. The second-order valence-corrected chi connectivity index (χ2v) is 5.79. The Labute approximate surface area is 137 Å². The number of nitro groups is 1. The van der Waals surface area contributed by atoms with Crippen molar-refractivity contribution in [2.75, 3.05) is 0 Å². The van der Waals surface area contributed by atoms with Crippen molar-refractivity contribution in [2.45, 2.75) is 19.3 Å². The molecule has 0 saturated heterocycles. The van der Waals surface area contributed by atoms with Crippen molar-refractivity contribution in [3.63, 3.8) is 0 Å². The van der Waals surface area contributed by atoms with Gasteiger partial charge in [0.1, 0.15) is 10.7 Å². The highest BCUT2D eigenvalue weighted by Gasteiger charge is 2.28. The molecule has 3 aromatic rings. The molecule has 0 radical (unpaired) electrons. The van der Waals surface area contributed by atoms with Gasteiger partial charge in [0.25, 0.3) is 0 Å². The average Bonchev–Trinajstić information content (AvgIpc) is 3.19. The highest BCUT2D eigenvalue weighted by molar-refractivity contribution is 5.85. The summed E-state index contributed by atoms with van der Waals surface area (Å²) >= 11 is 0. The molecule has 2 unspecified atom stereocenters. The number of nitrogens with zero attached hydrogens (tertiary/aromatic N) is 1. The molecular formula is C17H17N3O4. The molecule has 0 fully saturated rings. The zero-order chi connectivity index (χ0) is 17.3. The first-order chi connectivity index (χ1) is 11.5. The van der Waals surface area contributed by atoms with Gasteiger partial charge in [-0.15, -0.1) is 0 Å². The van der Waals surface area contributed by atoms with Crippen molar-refractivity contribution < 1.29 is 14.1 Å². The lowest BCUT2D eigenvalue weighted by Crippen LogP contribution is -2.27. The molecule has 1 amide bonds. The largest absolute Gasteiger partial charge is 0.433 e. The van der Waals surface area contributed by atoms with Crippen LogP contribution in [0.1, 0.15) is 24.2 Å². The van der Waals surface area contributed by atoms with E-state index >= 15 is 0 Å². The van der Waals surface area contributed by atoms with E-state index in [-0.39, 0.29) is 11.8 Å². The SMILES string of the molecule is CC(C(N)=O)C(Cc1ccc([N+](=O)[O-])o1)c1c[nH]c2ccccc12. The molecule has 0 bridgehead atoms. The first-order valence-corrected chi connectivity index (χ1v) is 7.56. The molecule has 7 heteroatoms. The number of aromatic amines is 1. The van der Waals surface area contributed by atoms with Crippen LogP contribution in [0.25, 0.3) is 10.9 Å². The van der Waals surface area contributed by atoms with E-state index in [0.29, 0.717) is 12.2 Å². The lowest BCUT2D eigenvalue weighted by Gasteiger charge is -2.20. The number of nitrogens with two attached hydrogens (primary N) is 1. The minimum Gasteiger partial charge on any atom is -0.406 e. The van der Waals surface area contributed by atoms with Gasteiger partial charge in [0, 0.05) is 35.4 Å². The van der Waals surface area contributed by atoms with Crippen LogP contribution in [0.2, 0.25) is 0 Å². The predicted molar refractivity (Wildman–Crippen MR) is 88.5 cm³/mol. The van der Waals surface area contributed by atoms with Gasteiger partial charge in [-0.05, 0) is 17.7 Å². The van der Waals surface area contributed by atoms with Gasteiger partial charge in [-0.2, -0.15) is 0 Å². The quantitative estimate of drug-likeness (QED) is 0.534. The Morgan fingerprint density at radius 1 is 1.33 bits per heavy atom. The summed E-state index contributed by atoms with van der Waals surface area (Å²) in [7, 11) is 0. The topological polar surface area (TPSA) is 115 Å². The third kappa shape index (κ3) is 2.88. The van der Waals surface area contributed by atoms with Crippen molar-refractivity contribution in [1.82, 2.24) is 4.98 Å². The maximum absolute atomic E-state index is 11.7. The maximum Gasteiger partial charge on any atom is 0.433 e. The Bertz CT molecular complexity index is 896. The summed E-state index contributed by atoms with van der Waals surface area (Å²) in [4.78, 5) is 25.1. The van der Waals surface area contributed by atoms with Crippen LogP contribution in [0.5, 0.6) is 0 Å². The molecule has 2 aromatic heterocycles. The number of fused-ring (bicyclic) bond motifs is 1. The van der Waals surface area contributed by atoms with Crippen molar-refractivity contribution in [3.05, 3.63) is 64.0 Å². The maximum atomic E-state index is 11.7. The van der Waals surface area contributed by atoms with E-state index in [1.165, 1.54) is 6.07 Å². The standard InChI is InChI=1S/C17H17N3O4/c1-10(17(18)21)13(8-11-6-7-16(24-11)20(22)23)14-9-19-15-5-3-2-4-12(14)15/h2-7,9-10,13,19H,8H2,1H3,(H2,18,21). The van der Waals surface area contributed by atoms with Gasteiger partial charge in [-0.1, -0.05) is 25.1 Å². The number of hydrogen-bond donors (Lipinski definition) is 2. The summed E-state index contributed by atoms with van der Waals surface area (Å²) < 4.78 is 5.25. The Morgan fingerprint density at radius 2 is 2.08 bits per heavy atom. The number of rotatable bonds is 6.